The van der Waals surface area contributed by atoms with Crippen molar-refractivity contribution in [1.82, 2.24) is 4.90 Å². The van der Waals surface area contributed by atoms with Crippen LogP contribution in [0.15, 0.2) is 35.4 Å². The van der Waals surface area contributed by atoms with Gasteiger partial charge in [-0.25, -0.2) is 4.79 Å². The molecule has 0 aromatic rings. The first-order valence-corrected chi connectivity index (χ1v) is 9.99. The van der Waals surface area contributed by atoms with Crippen molar-refractivity contribution in [3.63, 3.8) is 0 Å². The van der Waals surface area contributed by atoms with Crippen molar-refractivity contribution in [3.8, 4) is 0 Å². The van der Waals surface area contributed by atoms with E-state index in [4.69, 9.17) is 9.47 Å². The molecule has 0 saturated carbocycles. The van der Waals surface area contributed by atoms with Crippen LogP contribution in [0.2, 0.25) is 0 Å². The summed E-state index contributed by atoms with van der Waals surface area (Å²) in [6.07, 6.45) is 7.33. The number of nitrogens with zero attached hydrogens (tertiary/aromatic N) is 1. The van der Waals surface area contributed by atoms with Crippen LogP contribution < -0.4 is 0 Å². The van der Waals surface area contributed by atoms with Crippen LogP contribution in [0.4, 0.5) is 4.79 Å². The van der Waals surface area contributed by atoms with Gasteiger partial charge in [-0.15, -0.1) is 0 Å². The molecule has 0 saturated heterocycles. The largest absolute Gasteiger partial charge is 0.491 e. The van der Waals surface area contributed by atoms with E-state index in [0.29, 0.717) is 5.57 Å². The van der Waals surface area contributed by atoms with Gasteiger partial charge in [0.25, 0.3) is 0 Å². The number of rotatable bonds is 6. The van der Waals surface area contributed by atoms with E-state index < -0.39 is 23.1 Å². The zero-order chi connectivity index (χ0) is 21.3. The third-order valence-corrected chi connectivity index (χ3v) is 4.66. The lowest BCUT2D eigenvalue weighted by molar-refractivity contribution is -0.138. The van der Waals surface area contributed by atoms with Gasteiger partial charge < -0.3 is 14.6 Å². The van der Waals surface area contributed by atoms with Gasteiger partial charge in [0.15, 0.2) is 0 Å². The van der Waals surface area contributed by atoms with Gasteiger partial charge in [0.05, 0.1) is 11.8 Å². The molecular formula is C22H33NO5. The van der Waals surface area contributed by atoms with Gasteiger partial charge in [-0.05, 0) is 53.9 Å². The summed E-state index contributed by atoms with van der Waals surface area (Å²) in [7, 11) is 0. The Hall–Kier alpha value is -2.08. The number of carbonyl (C=O) groups is 2. The number of ether oxygens (including phenoxy) is 2. The number of Topliss-reactive ketones (excluding diaryl/α,β-unsaturated/α-hetero) is 1. The first-order chi connectivity index (χ1) is 12.9. The number of unbranched alkanes of at least 4 members (excludes halogenated alkanes) is 1. The first-order valence-electron chi connectivity index (χ1n) is 9.99. The van der Waals surface area contributed by atoms with Crippen LogP contribution in [0.5, 0.6) is 0 Å². The molecule has 1 heterocycles. The maximum Gasteiger partial charge on any atom is 0.418 e. The van der Waals surface area contributed by atoms with Crippen molar-refractivity contribution in [2.24, 2.45) is 5.92 Å². The summed E-state index contributed by atoms with van der Waals surface area (Å²) in [6, 6.07) is 0. The van der Waals surface area contributed by atoms with Crippen molar-refractivity contribution in [2.75, 3.05) is 0 Å². The van der Waals surface area contributed by atoms with E-state index in [1.807, 2.05) is 19.9 Å². The lowest BCUT2D eigenvalue weighted by atomic mass is 9.74. The van der Waals surface area contributed by atoms with E-state index in [2.05, 4.69) is 6.92 Å². The van der Waals surface area contributed by atoms with Gasteiger partial charge in [-0.3, -0.25) is 9.69 Å². The van der Waals surface area contributed by atoms with Crippen molar-refractivity contribution >= 4 is 11.9 Å². The second-order valence-electron chi connectivity index (χ2n) is 8.71. The quantitative estimate of drug-likeness (QED) is 0.724. The fourth-order valence-electron chi connectivity index (χ4n) is 3.33. The Labute approximate surface area is 167 Å². The standard InChI is InChI=1S/C22H33NO5/c1-8-9-10-16-11-12-23(20(25)28-21(5,6)7)17(13-16)22(26)18(24)15(4)19(22)27-14(2)3/h11-14,16,26H,8-10H2,1-7H3. The number of hydrogen-bond acceptors (Lipinski definition) is 5. The fraction of sp³-hybridized carbons (Fsp3) is 0.636. The van der Waals surface area contributed by atoms with E-state index in [-0.39, 0.29) is 23.5 Å². The average Bonchev–Trinajstić information content (AvgIpc) is 2.61. The highest BCUT2D eigenvalue weighted by molar-refractivity contribution is 6.13. The molecule has 2 aliphatic rings. The van der Waals surface area contributed by atoms with Crippen LogP contribution in [-0.2, 0) is 14.3 Å². The minimum Gasteiger partial charge on any atom is -0.491 e. The summed E-state index contributed by atoms with van der Waals surface area (Å²) in [6.45, 7) is 12.7. The van der Waals surface area contributed by atoms with E-state index in [1.54, 1.807) is 40.0 Å². The van der Waals surface area contributed by atoms with E-state index >= 15 is 0 Å². The molecular weight excluding hydrogens is 358 g/mol. The zero-order valence-electron chi connectivity index (χ0n) is 18.0. The number of hydrogen-bond donors (Lipinski definition) is 1. The van der Waals surface area contributed by atoms with Gasteiger partial charge in [-0.1, -0.05) is 31.9 Å². The van der Waals surface area contributed by atoms with Gasteiger partial charge in [0, 0.05) is 11.8 Å². The summed E-state index contributed by atoms with van der Waals surface area (Å²) in [5, 5.41) is 11.4. The number of ketones is 1. The van der Waals surface area contributed by atoms with Gasteiger partial charge in [-0.2, -0.15) is 0 Å². The van der Waals surface area contributed by atoms with Crippen molar-refractivity contribution < 1.29 is 24.2 Å². The van der Waals surface area contributed by atoms with E-state index in [1.165, 1.54) is 4.90 Å². The van der Waals surface area contributed by atoms with Gasteiger partial charge >= 0.3 is 6.09 Å². The smallest absolute Gasteiger partial charge is 0.418 e. The number of amides is 1. The number of aliphatic hydroxyl groups is 1. The van der Waals surface area contributed by atoms with Gasteiger partial charge in [0.1, 0.15) is 11.4 Å². The second-order valence-corrected chi connectivity index (χ2v) is 8.71. The maximum atomic E-state index is 12.8. The normalized spacial score (nSPS) is 25.0. The molecule has 6 nitrogen and oxygen atoms in total. The fourth-order valence-corrected chi connectivity index (χ4v) is 3.33. The van der Waals surface area contributed by atoms with E-state index in [0.717, 1.165) is 19.3 Å². The predicted octanol–water partition coefficient (Wildman–Crippen LogP) is 4.45. The van der Waals surface area contributed by atoms with Crippen molar-refractivity contribution in [1.29, 1.82) is 0 Å². The number of carbonyl (C=O) groups excluding carboxylic acids is 2. The molecule has 2 atom stereocenters. The molecule has 0 aromatic heterocycles. The average molecular weight is 392 g/mol. The minimum atomic E-state index is -1.97. The zero-order valence-corrected chi connectivity index (χ0v) is 18.0. The molecule has 0 bridgehead atoms. The Balaban J connectivity index is 2.45. The maximum absolute atomic E-state index is 12.8. The van der Waals surface area contributed by atoms with Crippen LogP contribution >= 0.6 is 0 Å². The lowest BCUT2D eigenvalue weighted by Crippen LogP contribution is -2.57. The van der Waals surface area contributed by atoms with Gasteiger partial charge in [0.2, 0.25) is 11.4 Å². The molecule has 2 unspecified atom stereocenters. The summed E-state index contributed by atoms with van der Waals surface area (Å²) < 4.78 is 11.2. The summed E-state index contributed by atoms with van der Waals surface area (Å²) in [4.78, 5) is 26.7. The monoisotopic (exact) mass is 391 g/mol. The summed E-state index contributed by atoms with van der Waals surface area (Å²) in [5.41, 5.74) is -2.11. The van der Waals surface area contributed by atoms with Crippen LogP contribution in [0.3, 0.4) is 0 Å². The molecule has 0 fully saturated rings. The highest BCUT2D eigenvalue weighted by atomic mass is 16.6. The Morgan fingerprint density at radius 2 is 2.00 bits per heavy atom. The SMILES string of the molecule is CCCCC1C=CN(C(=O)OC(C)(C)C)C(C2(O)C(=O)C(C)=C2OC(C)C)=C1. The number of allylic oxidation sites excluding steroid dienone is 2. The molecule has 0 spiro atoms. The molecule has 0 aromatic carbocycles. The molecule has 1 N–H and O–H groups in total. The van der Waals surface area contributed by atoms with Crippen LogP contribution in [0.1, 0.15) is 67.7 Å². The van der Waals surface area contributed by atoms with Crippen molar-refractivity contribution in [3.05, 3.63) is 35.4 Å². The molecule has 156 valence electrons. The third-order valence-electron chi connectivity index (χ3n) is 4.66. The van der Waals surface area contributed by atoms with Crippen molar-refractivity contribution in [2.45, 2.75) is 85.0 Å². The Morgan fingerprint density at radius 3 is 2.54 bits per heavy atom. The molecule has 1 aliphatic carbocycles. The highest BCUT2D eigenvalue weighted by Crippen LogP contribution is 2.45. The Bertz CT molecular complexity index is 726. The minimum absolute atomic E-state index is 0.0201. The van der Waals surface area contributed by atoms with Crippen LogP contribution in [-0.4, -0.2) is 39.2 Å². The predicted molar refractivity (Wildman–Crippen MR) is 107 cm³/mol. The molecule has 1 amide bonds. The summed E-state index contributed by atoms with van der Waals surface area (Å²) >= 11 is 0. The first kappa shape index (κ1) is 22.2. The highest BCUT2D eigenvalue weighted by Gasteiger charge is 2.58. The second kappa shape index (κ2) is 8.11. The molecule has 6 heteroatoms. The molecule has 1 aliphatic heterocycles. The topological polar surface area (TPSA) is 76.1 Å². The molecule has 28 heavy (non-hydrogen) atoms. The Kier molecular flexibility index (Phi) is 6.44. The van der Waals surface area contributed by atoms with Crippen LogP contribution in [0, 0.1) is 5.92 Å². The molecule has 2 rings (SSSR count). The lowest BCUT2D eigenvalue weighted by Gasteiger charge is -2.44. The summed E-state index contributed by atoms with van der Waals surface area (Å²) in [5.74, 6) is -0.226. The Morgan fingerprint density at radius 1 is 1.36 bits per heavy atom. The molecule has 0 radical (unpaired) electrons. The van der Waals surface area contributed by atoms with E-state index in [9.17, 15) is 14.7 Å². The third kappa shape index (κ3) is 4.32. The van der Waals surface area contributed by atoms with Crippen LogP contribution in [0.25, 0.3) is 0 Å².